The third kappa shape index (κ3) is 3.67. The lowest BCUT2D eigenvalue weighted by Crippen LogP contribution is -2.40. The van der Waals surface area contributed by atoms with Crippen molar-refractivity contribution in [2.45, 2.75) is 34.5 Å². The van der Waals surface area contributed by atoms with E-state index in [4.69, 9.17) is 11.6 Å². The number of nitrogens with one attached hydrogen (secondary N) is 1. The Balaban J connectivity index is 1.90. The summed E-state index contributed by atoms with van der Waals surface area (Å²) >= 11 is 11.1. The predicted molar refractivity (Wildman–Crippen MR) is 137 cm³/mol. The maximum absolute atomic E-state index is 12.9. The fraction of sp³-hybridized carbons (Fsp3) is 0.375. The van der Waals surface area contributed by atoms with Crippen molar-refractivity contribution in [1.29, 1.82) is 0 Å². The highest BCUT2D eigenvalue weighted by molar-refractivity contribution is 14.1. The smallest absolute Gasteiger partial charge is 0.230 e. The molecule has 0 saturated carbocycles. The molecule has 0 radical (unpaired) electrons. The Kier molecular flexibility index (Phi) is 6.34. The molecule has 1 saturated heterocycles. The average molecular weight is 632 g/mol. The lowest BCUT2D eigenvalue weighted by molar-refractivity contribution is -0.126. The number of carbonyl (C=O) groups is 1. The van der Waals surface area contributed by atoms with Gasteiger partial charge in [0.2, 0.25) is 5.91 Å². The minimum atomic E-state index is -0.444. The summed E-state index contributed by atoms with van der Waals surface area (Å²) in [5.41, 5.74) is 5.98. The van der Waals surface area contributed by atoms with Crippen LogP contribution in [-0.2, 0) is 13.6 Å². The van der Waals surface area contributed by atoms with Gasteiger partial charge in [0.05, 0.1) is 5.41 Å². The van der Waals surface area contributed by atoms with Gasteiger partial charge in [0.1, 0.15) is 0 Å². The number of hydrogen-bond donors (Lipinski definition) is 1. The molecular formula is C24H24ClI2NO. The molecule has 1 amide bonds. The first-order valence-electron chi connectivity index (χ1n) is 9.86. The normalized spacial score (nSPS) is 28.7. The Morgan fingerprint density at radius 3 is 2.52 bits per heavy atom. The second-order valence-corrected chi connectivity index (χ2v) is 10.2. The lowest BCUT2D eigenvalue weighted by Gasteiger charge is -2.44. The molecule has 4 atom stereocenters. The zero-order chi connectivity index (χ0) is 20.8. The van der Waals surface area contributed by atoms with E-state index in [1.54, 1.807) is 0 Å². The number of rotatable bonds is 4. The number of fused-ring (bicyclic) bond motifs is 1. The first kappa shape index (κ1) is 21.6. The van der Waals surface area contributed by atoms with Crippen LogP contribution in [0.1, 0.15) is 47.9 Å². The third-order valence-electron chi connectivity index (χ3n) is 6.89. The van der Waals surface area contributed by atoms with Crippen molar-refractivity contribution >= 4 is 62.7 Å². The van der Waals surface area contributed by atoms with Crippen molar-refractivity contribution in [1.82, 2.24) is 5.32 Å². The van der Waals surface area contributed by atoms with Gasteiger partial charge in [-0.05, 0) is 48.2 Å². The van der Waals surface area contributed by atoms with E-state index in [9.17, 15) is 4.79 Å². The van der Waals surface area contributed by atoms with Crippen molar-refractivity contribution in [2.75, 3.05) is 6.54 Å². The Morgan fingerprint density at radius 1 is 1.14 bits per heavy atom. The molecule has 1 aliphatic carbocycles. The van der Waals surface area contributed by atoms with Crippen LogP contribution in [0.15, 0.2) is 54.1 Å². The molecule has 2 aliphatic rings. The molecule has 4 rings (SSSR count). The highest BCUT2D eigenvalue weighted by Gasteiger charge is 2.55. The van der Waals surface area contributed by atoms with E-state index < -0.39 is 5.41 Å². The second kappa shape index (κ2) is 8.50. The Labute approximate surface area is 205 Å². The molecule has 2 aromatic rings. The molecule has 1 heterocycles. The van der Waals surface area contributed by atoms with Gasteiger partial charge in [0, 0.05) is 38.2 Å². The van der Waals surface area contributed by atoms with Crippen molar-refractivity contribution in [3.8, 4) is 0 Å². The molecule has 0 aromatic heterocycles. The summed E-state index contributed by atoms with van der Waals surface area (Å²) in [5, 5.41) is 3.94. The fourth-order valence-corrected chi connectivity index (χ4v) is 6.44. The van der Waals surface area contributed by atoms with Gasteiger partial charge in [0.25, 0.3) is 0 Å². The Bertz CT molecular complexity index is 971. The zero-order valence-electron chi connectivity index (χ0n) is 16.5. The van der Waals surface area contributed by atoms with Gasteiger partial charge in [-0.25, -0.2) is 0 Å². The van der Waals surface area contributed by atoms with Gasteiger partial charge in [-0.1, -0.05) is 98.8 Å². The Morgan fingerprint density at radius 2 is 1.86 bits per heavy atom. The standard InChI is InChI=1S/C24H24ClI2NO/c1-14-9-20(19-8-7-18(25)10-17(19)12-27)22(16-5-3-15(11-26)4-6-16)21-13-28-23(29)24(14,21)2/h3-10,20-22H,11-13H2,1-2H3,(H,28,29)/t20-,21-,22-,24+/m0/s1. The van der Waals surface area contributed by atoms with E-state index in [-0.39, 0.29) is 23.7 Å². The minimum absolute atomic E-state index is 0.161. The highest BCUT2D eigenvalue weighted by Crippen LogP contribution is 2.56. The molecular weight excluding hydrogens is 608 g/mol. The molecule has 5 heteroatoms. The summed E-state index contributed by atoms with van der Waals surface area (Å²) in [5.74, 6) is 0.865. The van der Waals surface area contributed by atoms with Crippen molar-refractivity contribution < 1.29 is 4.79 Å². The van der Waals surface area contributed by atoms with Gasteiger partial charge >= 0.3 is 0 Å². The topological polar surface area (TPSA) is 29.1 Å². The molecule has 0 unspecified atom stereocenters. The van der Waals surface area contributed by atoms with Gasteiger partial charge < -0.3 is 5.32 Å². The van der Waals surface area contributed by atoms with Crippen LogP contribution in [0, 0.1) is 11.3 Å². The lowest BCUT2D eigenvalue weighted by atomic mass is 9.57. The third-order valence-corrected chi connectivity index (χ3v) is 8.83. The Hall–Kier alpha value is -0.600. The van der Waals surface area contributed by atoms with Crippen molar-refractivity contribution in [3.63, 3.8) is 0 Å². The SMILES string of the molecule is CC1=C[C@@H](c2ccc(Cl)cc2CI)[C@H](c2ccc(CI)cc2)[C@@H]2CNC(=O)[C@]12C. The van der Waals surface area contributed by atoms with E-state index in [0.717, 1.165) is 20.4 Å². The van der Waals surface area contributed by atoms with Crippen LogP contribution in [0.3, 0.4) is 0 Å². The monoisotopic (exact) mass is 631 g/mol. The quantitative estimate of drug-likeness (QED) is 0.225. The molecule has 29 heavy (non-hydrogen) atoms. The summed E-state index contributed by atoms with van der Waals surface area (Å²) in [6, 6.07) is 15.3. The summed E-state index contributed by atoms with van der Waals surface area (Å²) < 4.78 is 1.92. The molecule has 0 bridgehead atoms. The first-order chi connectivity index (χ1) is 13.9. The molecule has 2 aromatic carbocycles. The van der Waals surface area contributed by atoms with E-state index in [0.29, 0.717) is 0 Å². The van der Waals surface area contributed by atoms with Crippen LogP contribution in [-0.4, -0.2) is 12.5 Å². The van der Waals surface area contributed by atoms with Crippen LogP contribution in [0.2, 0.25) is 5.02 Å². The van der Waals surface area contributed by atoms with E-state index in [1.165, 1.54) is 27.8 Å². The van der Waals surface area contributed by atoms with Crippen LogP contribution in [0.5, 0.6) is 0 Å². The van der Waals surface area contributed by atoms with E-state index in [2.05, 4.69) is 107 Å². The number of benzene rings is 2. The molecule has 1 aliphatic heterocycles. The van der Waals surface area contributed by atoms with Crippen molar-refractivity contribution in [2.24, 2.45) is 11.3 Å². The molecule has 2 nitrogen and oxygen atoms in total. The van der Waals surface area contributed by atoms with Gasteiger partial charge in [-0.15, -0.1) is 0 Å². The molecule has 1 fully saturated rings. The minimum Gasteiger partial charge on any atom is -0.355 e. The van der Waals surface area contributed by atoms with E-state index in [1.807, 2.05) is 6.07 Å². The number of halogens is 3. The number of amides is 1. The van der Waals surface area contributed by atoms with E-state index >= 15 is 0 Å². The first-order valence-corrected chi connectivity index (χ1v) is 13.3. The van der Waals surface area contributed by atoms with Crippen LogP contribution >= 0.6 is 56.8 Å². The molecule has 1 N–H and O–H groups in total. The largest absolute Gasteiger partial charge is 0.355 e. The molecule has 152 valence electrons. The summed E-state index contributed by atoms with van der Waals surface area (Å²) in [6.45, 7) is 4.97. The second-order valence-electron chi connectivity index (χ2n) is 8.27. The predicted octanol–water partition coefficient (Wildman–Crippen LogP) is 6.79. The summed E-state index contributed by atoms with van der Waals surface area (Å²) in [6.07, 6.45) is 2.34. The fourth-order valence-electron chi connectivity index (χ4n) is 5.08. The number of allylic oxidation sites excluding steroid dienone is 1. The van der Waals surface area contributed by atoms with Crippen LogP contribution < -0.4 is 5.32 Å². The summed E-state index contributed by atoms with van der Waals surface area (Å²) in [7, 11) is 0. The number of hydrogen-bond acceptors (Lipinski definition) is 1. The van der Waals surface area contributed by atoms with Crippen LogP contribution in [0.4, 0.5) is 0 Å². The van der Waals surface area contributed by atoms with Gasteiger partial charge in [0.15, 0.2) is 0 Å². The number of alkyl halides is 2. The highest BCUT2D eigenvalue weighted by atomic mass is 127. The van der Waals surface area contributed by atoms with Crippen LogP contribution in [0.25, 0.3) is 0 Å². The van der Waals surface area contributed by atoms with Crippen molar-refractivity contribution in [3.05, 3.63) is 81.4 Å². The van der Waals surface area contributed by atoms with Gasteiger partial charge in [-0.2, -0.15) is 0 Å². The average Bonchev–Trinajstić information content (AvgIpc) is 3.04. The maximum Gasteiger partial charge on any atom is 0.230 e. The zero-order valence-corrected chi connectivity index (χ0v) is 21.6. The molecule has 0 spiro atoms. The maximum atomic E-state index is 12.9. The number of carbonyl (C=O) groups excluding carboxylic acids is 1. The van der Waals surface area contributed by atoms with Gasteiger partial charge in [-0.3, -0.25) is 4.79 Å². The summed E-state index contributed by atoms with van der Waals surface area (Å²) in [4.78, 5) is 12.9.